The van der Waals surface area contributed by atoms with E-state index >= 15 is 0 Å². The Hall–Kier alpha value is -1.46. The number of rotatable bonds is 7. The second-order valence-electron chi connectivity index (χ2n) is 4.27. The van der Waals surface area contributed by atoms with E-state index in [0.29, 0.717) is 0 Å². The van der Waals surface area contributed by atoms with E-state index in [1.165, 1.54) is 4.88 Å². The van der Waals surface area contributed by atoms with Gasteiger partial charge >= 0.3 is 0 Å². The van der Waals surface area contributed by atoms with Gasteiger partial charge in [-0.3, -0.25) is 0 Å². The molecule has 2 aromatic rings. The second-order valence-corrected chi connectivity index (χ2v) is 5.30. The summed E-state index contributed by atoms with van der Waals surface area (Å²) < 4.78 is 0. The Kier molecular flexibility index (Phi) is 5.30. The molecule has 0 bridgehead atoms. The van der Waals surface area contributed by atoms with Gasteiger partial charge in [0.2, 0.25) is 5.95 Å². The van der Waals surface area contributed by atoms with E-state index in [1.54, 1.807) is 11.3 Å². The monoisotopic (exact) mass is 276 g/mol. The molecule has 1 N–H and O–H groups in total. The quantitative estimate of drug-likeness (QED) is 0.844. The Labute approximate surface area is 118 Å². The molecule has 0 radical (unpaired) electrons. The van der Waals surface area contributed by atoms with Gasteiger partial charge in [-0.2, -0.15) is 0 Å². The first-order valence-electron chi connectivity index (χ1n) is 6.62. The normalized spacial score (nSPS) is 10.6. The molecule has 0 aliphatic rings. The minimum absolute atomic E-state index is 0.802. The van der Waals surface area contributed by atoms with Gasteiger partial charge < -0.3 is 10.2 Å². The molecule has 0 aliphatic carbocycles. The minimum atomic E-state index is 0.802. The third-order valence-electron chi connectivity index (χ3n) is 2.86. The highest BCUT2D eigenvalue weighted by atomic mass is 32.1. The van der Waals surface area contributed by atoms with Gasteiger partial charge in [0.05, 0.1) is 6.54 Å². The molecule has 0 unspecified atom stereocenters. The van der Waals surface area contributed by atoms with Gasteiger partial charge in [0, 0.05) is 35.9 Å². The summed E-state index contributed by atoms with van der Waals surface area (Å²) in [5.41, 5.74) is 1.12. The van der Waals surface area contributed by atoms with Crippen molar-refractivity contribution in [1.82, 2.24) is 15.3 Å². The number of anilines is 1. The number of hydrogen-bond acceptors (Lipinski definition) is 5. The molecule has 0 spiro atoms. The zero-order valence-electron chi connectivity index (χ0n) is 11.5. The van der Waals surface area contributed by atoms with Gasteiger partial charge in [-0.25, -0.2) is 9.97 Å². The highest BCUT2D eigenvalue weighted by Gasteiger charge is 2.08. The first kappa shape index (κ1) is 14.0. The molecule has 5 heteroatoms. The summed E-state index contributed by atoms with van der Waals surface area (Å²) in [5, 5.41) is 5.37. The summed E-state index contributed by atoms with van der Waals surface area (Å²) >= 11 is 1.77. The van der Waals surface area contributed by atoms with E-state index in [1.807, 2.05) is 12.4 Å². The van der Waals surface area contributed by atoms with Gasteiger partial charge in [-0.15, -0.1) is 11.3 Å². The smallest absolute Gasteiger partial charge is 0.225 e. The van der Waals surface area contributed by atoms with Crippen molar-refractivity contribution in [3.8, 4) is 0 Å². The summed E-state index contributed by atoms with van der Waals surface area (Å²) in [5.74, 6) is 0.802. The number of nitrogens with zero attached hydrogens (tertiary/aromatic N) is 3. The predicted molar refractivity (Wildman–Crippen MR) is 80.5 cm³/mol. The van der Waals surface area contributed by atoms with Crippen LogP contribution < -0.4 is 10.2 Å². The predicted octanol–water partition coefficient (Wildman–Crippen LogP) is 2.67. The van der Waals surface area contributed by atoms with Crippen LogP contribution in [-0.2, 0) is 13.1 Å². The molecule has 0 atom stereocenters. The summed E-state index contributed by atoms with van der Waals surface area (Å²) in [4.78, 5) is 12.4. The van der Waals surface area contributed by atoms with E-state index in [9.17, 15) is 0 Å². The molecule has 102 valence electrons. The van der Waals surface area contributed by atoms with Gasteiger partial charge in [0.25, 0.3) is 0 Å². The summed E-state index contributed by atoms with van der Waals surface area (Å²) in [6.07, 6.45) is 3.81. The van der Waals surface area contributed by atoms with Crippen LogP contribution >= 0.6 is 11.3 Å². The fraction of sp³-hybridized carbons (Fsp3) is 0.429. The van der Waals surface area contributed by atoms with Crippen molar-refractivity contribution in [3.63, 3.8) is 0 Å². The number of aromatic nitrogens is 2. The molecule has 4 nitrogen and oxygen atoms in total. The lowest BCUT2D eigenvalue weighted by molar-refractivity contribution is 0.717. The molecule has 2 rings (SSSR count). The number of hydrogen-bond donors (Lipinski definition) is 1. The lowest BCUT2D eigenvalue weighted by Crippen LogP contribution is -2.24. The first-order chi connectivity index (χ1) is 9.33. The van der Waals surface area contributed by atoms with Crippen molar-refractivity contribution < 1.29 is 0 Å². The third kappa shape index (κ3) is 4.01. The zero-order valence-corrected chi connectivity index (χ0v) is 12.3. The van der Waals surface area contributed by atoms with Crippen molar-refractivity contribution in [2.75, 3.05) is 18.0 Å². The van der Waals surface area contributed by atoms with Crippen LogP contribution in [0.4, 0.5) is 5.95 Å². The standard InChI is InChI=1S/C14H20N4S/c1-3-15-8-12-9-16-14(17-10-12)18(4-2)11-13-6-5-7-19-13/h5-7,9-10,15H,3-4,8,11H2,1-2H3. The molecule has 0 saturated heterocycles. The van der Waals surface area contributed by atoms with Crippen LogP contribution in [0, 0.1) is 0 Å². The van der Waals surface area contributed by atoms with Crippen molar-refractivity contribution in [1.29, 1.82) is 0 Å². The lowest BCUT2D eigenvalue weighted by Gasteiger charge is -2.19. The average Bonchev–Trinajstić information content (AvgIpc) is 2.96. The molecule has 2 aromatic heterocycles. The number of thiophene rings is 1. The van der Waals surface area contributed by atoms with E-state index in [0.717, 1.165) is 37.7 Å². The maximum absolute atomic E-state index is 4.46. The van der Waals surface area contributed by atoms with Gasteiger partial charge in [0.1, 0.15) is 0 Å². The Morgan fingerprint density at radius 3 is 2.63 bits per heavy atom. The maximum atomic E-state index is 4.46. The fourth-order valence-electron chi connectivity index (χ4n) is 1.79. The van der Waals surface area contributed by atoms with Crippen LogP contribution in [0.15, 0.2) is 29.9 Å². The molecule has 0 fully saturated rings. The van der Waals surface area contributed by atoms with Crippen molar-refractivity contribution in [2.45, 2.75) is 26.9 Å². The molecule has 2 heterocycles. The molecule has 19 heavy (non-hydrogen) atoms. The highest BCUT2D eigenvalue weighted by molar-refractivity contribution is 7.09. The van der Waals surface area contributed by atoms with Gasteiger partial charge in [-0.05, 0) is 24.9 Å². The van der Waals surface area contributed by atoms with E-state index in [2.05, 4.69) is 51.5 Å². The summed E-state index contributed by atoms with van der Waals surface area (Å²) in [7, 11) is 0. The van der Waals surface area contributed by atoms with E-state index in [4.69, 9.17) is 0 Å². The average molecular weight is 276 g/mol. The summed E-state index contributed by atoms with van der Waals surface area (Å²) in [6.45, 7) is 7.79. The van der Waals surface area contributed by atoms with Gasteiger partial charge in [0.15, 0.2) is 0 Å². The van der Waals surface area contributed by atoms with Crippen molar-refractivity contribution >= 4 is 17.3 Å². The fourth-order valence-corrected chi connectivity index (χ4v) is 2.51. The third-order valence-corrected chi connectivity index (χ3v) is 3.72. The zero-order chi connectivity index (χ0) is 13.5. The first-order valence-corrected chi connectivity index (χ1v) is 7.50. The molecule has 0 aliphatic heterocycles. The second kappa shape index (κ2) is 7.21. The minimum Gasteiger partial charge on any atom is -0.336 e. The Bertz CT molecular complexity index is 467. The van der Waals surface area contributed by atoms with Crippen LogP contribution in [0.5, 0.6) is 0 Å². The summed E-state index contributed by atoms with van der Waals surface area (Å²) in [6, 6.07) is 4.22. The molecule has 0 amide bonds. The van der Waals surface area contributed by atoms with E-state index in [-0.39, 0.29) is 0 Å². The SMILES string of the molecule is CCNCc1cnc(N(CC)Cc2cccs2)nc1. The van der Waals surface area contributed by atoms with Crippen LogP contribution in [0.2, 0.25) is 0 Å². The van der Waals surface area contributed by atoms with E-state index < -0.39 is 0 Å². The molecule has 0 aromatic carbocycles. The maximum Gasteiger partial charge on any atom is 0.225 e. The Morgan fingerprint density at radius 1 is 1.26 bits per heavy atom. The molecule has 0 saturated carbocycles. The largest absolute Gasteiger partial charge is 0.336 e. The van der Waals surface area contributed by atoms with Crippen molar-refractivity contribution in [3.05, 3.63) is 40.3 Å². The lowest BCUT2D eigenvalue weighted by atomic mass is 10.3. The molecular weight excluding hydrogens is 256 g/mol. The topological polar surface area (TPSA) is 41.1 Å². The van der Waals surface area contributed by atoms with Gasteiger partial charge in [-0.1, -0.05) is 13.0 Å². The number of nitrogens with one attached hydrogen (secondary N) is 1. The molecular formula is C14H20N4S. The van der Waals surface area contributed by atoms with Crippen LogP contribution in [-0.4, -0.2) is 23.1 Å². The van der Waals surface area contributed by atoms with Crippen molar-refractivity contribution in [2.24, 2.45) is 0 Å². The van der Waals surface area contributed by atoms with Crippen LogP contribution in [0.1, 0.15) is 24.3 Å². The Balaban J connectivity index is 2.02. The van der Waals surface area contributed by atoms with Crippen LogP contribution in [0.3, 0.4) is 0 Å². The highest BCUT2D eigenvalue weighted by Crippen LogP contribution is 2.15. The Morgan fingerprint density at radius 2 is 2.05 bits per heavy atom. The van der Waals surface area contributed by atoms with Crippen LogP contribution in [0.25, 0.3) is 0 Å².